The number of Topliss-reactive ketones (excluding diaryl/α,β-unsaturated/α-hetero) is 3. The summed E-state index contributed by atoms with van der Waals surface area (Å²) in [4.78, 5) is 240. The van der Waals surface area contributed by atoms with Crippen molar-refractivity contribution >= 4 is 177 Å². The van der Waals surface area contributed by atoms with Crippen LogP contribution >= 0.6 is 37.5 Å². The summed E-state index contributed by atoms with van der Waals surface area (Å²) in [5.41, 5.74) is 7.05. The molecule has 0 aliphatic rings. The van der Waals surface area contributed by atoms with E-state index in [2.05, 4.69) is 104 Å². The Morgan fingerprint density at radius 1 is 0.503 bits per heavy atom. The minimum Gasteiger partial charge on any atom is -0.481 e. The Morgan fingerprint density at radius 2 is 0.979 bits per heavy atom. The number of fused-ring (bicyclic) bond motifs is 2. The first-order valence-electron chi connectivity index (χ1n) is 44.9. The average Bonchev–Trinajstić information content (AvgIpc) is 0.809. The monoisotopic (exact) mass is 2150 g/mol. The van der Waals surface area contributed by atoms with E-state index >= 15 is 0 Å². The number of ketones is 3. The zero-order valence-electron chi connectivity index (χ0n) is 78.1. The number of halogens is 1. The fourth-order valence-electron chi connectivity index (χ4n) is 13.5. The molecular formula is C87H121BrN18O37S2. The number of anilines is 5. The van der Waals surface area contributed by atoms with Gasteiger partial charge in [-0.15, -0.1) is 0 Å². The van der Waals surface area contributed by atoms with Gasteiger partial charge in [-0.1, -0.05) is 43.6 Å². The van der Waals surface area contributed by atoms with Crippen LogP contribution in [0.25, 0.3) is 22.1 Å². The van der Waals surface area contributed by atoms with Gasteiger partial charge in [0.15, 0.2) is 22.7 Å². The van der Waals surface area contributed by atoms with E-state index in [1.165, 1.54) is 36.8 Å². The largest absolute Gasteiger partial charge is 0.508 e. The number of aliphatic hydroxyl groups excluding tert-OH is 15. The molecule has 0 radical (unpaired) electrons. The molecule has 6 rings (SSSR count). The molecule has 4 aromatic heterocycles. The smallest absolute Gasteiger partial charge is 0.481 e. The van der Waals surface area contributed by atoms with E-state index in [1.807, 2.05) is 30.3 Å². The summed E-state index contributed by atoms with van der Waals surface area (Å²) in [5.74, 6) is -22.5. The maximum Gasteiger partial charge on any atom is 0.508 e. The Balaban J connectivity index is 0.00000116. The molecule has 19 atom stereocenters. The molecule has 0 saturated heterocycles. The van der Waals surface area contributed by atoms with E-state index < -0.39 is 345 Å². The molecule has 0 saturated carbocycles. The van der Waals surface area contributed by atoms with Crippen molar-refractivity contribution in [2.45, 2.75) is 207 Å². The first-order chi connectivity index (χ1) is 68.7. The van der Waals surface area contributed by atoms with Gasteiger partial charge >= 0.3 is 30.0 Å². The second-order valence-corrected chi connectivity index (χ2v) is 36.2. The number of aromatic nitrogens is 7. The molecule has 2 aromatic carbocycles. The number of carbonyl (C=O) groups excluding carboxylic acids is 11. The van der Waals surface area contributed by atoms with Gasteiger partial charge in [0.1, 0.15) is 97.4 Å². The van der Waals surface area contributed by atoms with Crippen LogP contribution in [-0.4, -0.2) is 389 Å². The Bertz CT molecular complexity index is 5360. The highest BCUT2D eigenvalue weighted by molar-refractivity contribution is 9.10. The van der Waals surface area contributed by atoms with E-state index in [1.54, 1.807) is 19.4 Å². The minimum absolute atomic E-state index is 0.0104. The van der Waals surface area contributed by atoms with Gasteiger partial charge in [0.05, 0.1) is 93.5 Å². The van der Waals surface area contributed by atoms with E-state index in [-0.39, 0.29) is 48.2 Å². The molecule has 4 heterocycles. The van der Waals surface area contributed by atoms with Gasteiger partial charge in [-0.05, 0) is 100 Å². The molecule has 800 valence electrons. The first-order valence-corrected chi connectivity index (χ1v) is 48.4. The predicted molar refractivity (Wildman–Crippen MR) is 513 cm³/mol. The summed E-state index contributed by atoms with van der Waals surface area (Å²) < 4.78 is 10.6. The lowest BCUT2D eigenvalue weighted by atomic mass is 9.89. The molecule has 0 spiro atoms. The Morgan fingerprint density at radius 3 is 1.44 bits per heavy atom. The van der Waals surface area contributed by atoms with Crippen LogP contribution in [0.4, 0.5) is 33.8 Å². The normalized spacial score (nSPS) is 15.2. The maximum absolute atomic E-state index is 14.8. The highest BCUT2D eigenvalue weighted by Crippen LogP contribution is 2.29. The van der Waals surface area contributed by atoms with Crippen molar-refractivity contribution in [3.8, 4) is 0 Å². The number of H-pyrrole nitrogens is 1. The van der Waals surface area contributed by atoms with Crippen LogP contribution < -0.4 is 64.5 Å². The van der Waals surface area contributed by atoms with Crippen molar-refractivity contribution in [2.75, 3.05) is 92.9 Å². The number of nitrogen functional groups attached to an aromatic ring is 1. The van der Waals surface area contributed by atoms with Gasteiger partial charge in [-0.3, -0.25) is 67.3 Å². The molecule has 0 fully saturated rings. The lowest BCUT2D eigenvalue weighted by Gasteiger charge is -2.26. The van der Waals surface area contributed by atoms with Crippen molar-refractivity contribution in [3.63, 3.8) is 0 Å². The van der Waals surface area contributed by atoms with Gasteiger partial charge in [0, 0.05) is 128 Å². The number of aliphatic carboxylic acids is 4. The standard InChI is InChI=1S/C69H103N13O34S2.C18H18BrN5O3/c1-117-118-29-40(68(115)116)80-65(111)33(6-15-51(97)74-25-45(91)57(104)60(107)48(94)28-85)20-42(88)38(12-17-53(100)101)78-64(110)32(5-14-50(96)73-24-44(90)56(103)59(106)47(93)27-84)19-41(87)37(11-16-52(98)99)77-63(109)31(4-13-49(95)72-23-43(89)55(102)58(105)46(92)26-83)18-36(86)9-10-39(67(113)114)79-62(108)30-2-7-34(8-3-30)71-21-35-22-75-61-54(76-35)66(112)82-69(70)81-61;1-2-26-18(25)27-7-6-20-16-9-14-15(10-21-16)22-11-23-17(14)24-13-5-3-4-12(19)8-13/h2-3,7-8,22,31-33,37-40,43-48,55-60,71,83-85,89-94,102-107H,4-6,9-21,23-29H2,1H3,(H,72,95)(H,73,96)(H,74,97)(H,77,109)(H,78,110)(H,79,108)(H,80,111)(H,98,99)(H,100,101)(H,113,114)(H,115,116)(H3,70,75,81,82,112);3-5,8-11H,2,6-7H2,1H3,(H,20,21)(H,22,23,24)/t31-,32-,33-,37+,38+,39+,40+,43+,44+,45+,46-,47-,48-,55-,56-,57-,58-,59-,60-;/m1./s1. The topological polar surface area (TPSA) is 915 Å². The van der Waals surface area contributed by atoms with Gasteiger partial charge in [-0.25, -0.2) is 39.3 Å². The van der Waals surface area contributed by atoms with E-state index in [9.17, 15) is 169 Å². The Hall–Kier alpha value is -12.6. The third kappa shape index (κ3) is 43.3. The Kier molecular flexibility index (Phi) is 53.9. The average molecular weight is 2160 g/mol. The van der Waals surface area contributed by atoms with Gasteiger partial charge in [0.2, 0.25) is 41.4 Å². The summed E-state index contributed by atoms with van der Waals surface area (Å²) in [5, 5.41) is 215. The SMILES string of the molecule is CCOC(=O)OCCNc1cc2c(Nc3cccc(Br)c3)ncnc2cn1.CSSC[C@H](NC(=O)[C@H](CCC(=O)NC[C@H](O)[C@@H](O)[C@H](O)[C@H](O)CO)CC(=O)[C@H](CCC(=O)O)NC(=O)[C@H](CCC(=O)NC[C@H](O)[C@@H](O)[C@H](O)[C@H](O)CO)CC(=O)[C@H](CCC(=O)O)NC(=O)[C@H](CCC(=O)NC[C@H](O)[C@@H](O)[C@H](O)[C@H](O)CO)CC(=O)CC[C@H](NC(=O)c1ccc(NCc2cnc3nc(N)[nH]c(=O)c3n2)cc1)C(=O)O)C(=O)O. The van der Waals surface area contributed by atoms with Crippen LogP contribution in [0.2, 0.25) is 0 Å². The molecule has 7 amide bonds. The summed E-state index contributed by atoms with van der Waals surface area (Å²) in [6.07, 6.45) is -32.4. The minimum atomic E-state index is -2.22. The highest BCUT2D eigenvalue weighted by Gasteiger charge is 2.39. The molecule has 145 heavy (non-hydrogen) atoms. The van der Waals surface area contributed by atoms with Crippen molar-refractivity contribution in [3.05, 3.63) is 99.4 Å². The number of carboxylic acids is 4. The maximum atomic E-state index is 14.8. The number of hydrogen-bond acceptors (Lipinski definition) is 45. The van der Waals surface area contributed by atoms with Crippen LogP contribution in [0, 0.1) is 17.8 Å². The molecule has 58 heteroatoms. The number of amides is 7. The number of carbonyl (C=O) groups is 15. The Labute approximate surface area is 840 Å². The van der Waals surface area contributed by atoms with Gasteiger partial charge in [0.25, 0.3) is 11.5 Å². The highest BCUT2D eigenvalue weighted by atomic mass is 79.9. The lowest BCUT2D eigenvalue weighted by molar-refractivity contribution is -0.142. The van der Waals surface area contributed by atoms with Crippen molar-refractivity contribution in [1.29, 1.82) is 0 Å². The quantitative estimate of drug-likeness (QED) is 0.00960. The number of aromatic amines is 1. The fourth-order valence-corrected chi connectivity index (χ4v) is 15.2. The fraction of sp³-hybridized carbons (Fsp3) is 0.540. The number of pyridine rings is 1. The molecule has 6 aromatic rings. The zero-order chi connectivity index (χ0) is 108. The van der Waals surface area contributed by atoms with Gasteiger partial charge in [-0.2, -0.15) is 4.98 Å². The van der Waals surface area contributed by atoms with E-state index in [0.29, 0.717) is 29.6 Å². The third-order valence-corrected chi connectivity index (χ3v) is 24.0. The number of ether oxygens (including phenoxy) is 2. The number of benzene rings is 2. The molecule has 0 aliphatic carbocycles. The summed E-state index contributed by atoms with van der Waals surface area (Å²) in [6, 6.07) is 7.58. The number of nitrogens with one attached hydrogen (secondary N) is 11. The predicted octanol–water partition coefficient (Wildman–Crippen LogP) is -6.01. The van der Waals surface area contributed by atoms with Gasteiger partial charge < -0.3 is 165 Å². The first kappa shape index (κ1) is 123. The third-order valence-electron chi connectivity index (χ3n) is 21.7. The summed E-state index contributed by atoms with van der Waals surface area (Å²) in [6.45, 7) is -3.22. The summed E-state index contributed by atoms with van der Waals surface area (Å²) in [7, 11) is 2.07. The van der Waals surface area contributed by atoms with E-state index in [4.69, 9.17) is 20.3 Å². The summed E-state index contributed by atoms with van der Waals surface area (Å²) >= 11 is 3.45. The number of aliphatic hydroxyl groups is 15. The van der Waals surface area contributed by atoms with Crippen molar-refractivity contribution in [2.24, 2.45) is 17.8 Å². The molecule has 0 unspecified atom stereocenters. The van der Waals surface area contributed by atoms with E-state index in [0.717, 1.165) is 42.7 Å². The number of carboxylic acid groups (broad SMARTS) is 4. The zero-order valence-corrected chi connectivity index (χ0v) is 81.3. The second-order valence-electron chi connectivity index (χ2n) is 32.7. The molecule has 0 bridgehead atoms. The number of nitrogens with two attached hydrogens (primary N) is 1. The number of rotatable bonds is 67. The lowest BCUT2D eigenvalue weighted by Crippen LogP contribution is -2.50. The van der Waals surface area contributed by atoms with Crippen LogP contribution in [0.1, 0.15) is 119 Å². The number of hydrogen-bond donors (Lipinski definition) is 31. The molecule has 0 aliphatic heterocycles. The molecular weight excluding hydrogens is 2030 g/mol. The van der Waals surface area contributed by atoms with Crippen LogP contribution in [-0.2, 0) is 78.3 Å². The second kappa shape index (κ2) is 63.6. The number of nitrogens with zero attached hydrogens (tertiary/aromatic N) is 6. The van der Waals surface area contributed by atoms with Crippen LogP contribution in [0.15, 0.2) is 82.6 Å². The molecule has 55 nitrogen and oxygen atoms in total. The van der Waals surface area contributed by atoms with Crippen LogP contribution in [0.3, 0.4) is 0 Å². The van der Waals surface area contributed by atoms with Crippen molar-refractivity contribution in [1.82, 2.24) is 72.1 Å². The molecule has 32 N–H and O–H groups in total. The van der Waals surface area contributed by atoms with Crippen LogP contribution in [0.5, 0.6) is 0 Å². The van der Waals surface area contributed by atoms with Crippen molar-refractivity contribution < 1.29 is 178 Å².